The molecule has 6 N–H and O–H groups in total. The first-order chi connectivity index (χ1) is 2.00. The van der Waals surface area contributed by atoms with E-state index in [4.69, 9.17) is 19.2 Å². The van der Waals surface area contributed by atoms with Gasteiger partial charge in [0.2, 0.25) is 0 Å². The SMILES string of the molecule is O.O[Si](O)(O)O.[Ca+2].[H-].[H-].[H-].[H-].[Mg+2]. The van der Waals surface area contributed by atoms with Crippen molar-refractivity contribution in [3.63, 3.8) is 0 Å². The van der Waals surface area contributed by atoms with Crippen LogP contribution in [0, 0.1) is 0 Å². The van der Waals surface area contributed by atoms with Crippen LogP contribution in [0.2, 0.25) is 0 Å². The minimum absolute atomic E-state index is 0. The Kier molecular flexibility index (Phi) is 25.4. The van der Waals surface area contributed by atoms with Gasteiger partial charge in [-0.25, -0.2) is 0 Å². The molecule has 8 heavy (non-hydrogen) atoms. The van der Waals surface area contributed by atoms with Crippen LogP contribution >= 0.6 is 0 Å². The average molecular weight is 183 g/mol. The van der Waals surface area contributed by atoms with Crippen LogP contribution in [0.25, 0.3) is 0 Å². The van der Waals surface area contributed by atoms with E-state index in [9.17, 15) is 0 Å². The molecule has 0 heterocycles. The van der Waals surface area contributed by atoms with Crippen LogP contribution in [0.4, 0.5) is 0 Å². The van der Waals surface area contributed by atoms with Crippen molar-refractivity contribution in [3.05, 3.63) is 0 Å². The van der Waals surface area contributed by atoms with Gasteiger partial charge in [0.15, 0.2) is 0 Å². The molecule has 48 valence electrons. The monoisotopic (exact) mass is 182 g/mol. The first-order valence-electron chi connectivity index (χ1n) is 0.894. The van der Waals surface area contributed by atoms with E-state index >= 15 is 0 Å². The molecule has 0 amide bonds. The predicted molar refractivity (Wildman–Crippen MR) is 34.2 cm³/mol. The Balaban J connectivity index is -0.00000000381. The maximum absolute atomic E-state index is 7.33. The summed E-state index contributed by atoms with van der Waals surface area (Å²) in [6, 6.07) is 0. The van der Waals surface area contributed by atoms with Gasteiger partial charge in [0, 0.05) is 0 Å². The van der Waals surface area contributed by atoms with Gasteiger partial charge in [0.25, 0.3) is 0 Å². The van der Waals surface area contributed by atoms with Crippen molar-refractivity contribution in [2.75, 3.05) is 0 Å². The summed E-state index contributed by atoms with van der Waals surface area (Å²) in [6.45, 7) is 0. The molecule has 0 aliphatic heterocycles. The van der Waals surface area contributed by atoms with Crippen molar-refractivity contribution >= 4 is 69.8 Å². The molecule has 0 fully saturated rings. The second kappa shape index (κ2) is 9.04. The number of hydrogen-bond acceptors (Lipinski definition) is 4. The van der Waals surface area contributed by atoms with E-state index in [1.165, 1.54) is 0 Å². The maximum Gasteiger partial charge on any atom is 2.00 e. The fraction of sp³-hybridized carbons (Fsp3) is 0. The predicted octanol–water partition coefficient (Wildman–Crippen LogP) is -3.75. The number of hydrogen-bond donors (Lipinski definition) is 4. The van der Waals surface area contributed by atoms with E-state index in [1.807, 2.05) is 0 Å². The van der Waals surface area contributed by atoms with Crippen molar-refractivity contribution in [1.82, 2.24) is 0 Å². The maximum atomic E-state index is 7.33. The van der Waals surface area contributed by atoms with E-state index in [0.29, 0.717) is 0 Å². The molecule has 5 nitrogen and oxygen atoms in total. The van der Waals surface area contributed by atoms with Crippen molar-refractivity contribution in [3.8, 4) is 0 Å². The molecule has 0 saturated carbocycles. The Morgan fingerprint density at radius 1 is 1.00 bits per heavy atom. The smallest absolute Gasteiger partial charge is 1.00 e. The standard InChI is InChI=1S/Ca.Mg.H4O4Si.H2O.4H/c;;1-5(2,3)4;;;;;/h;;1-4H;1H2;;;;/q2*+2;;;4*-1. The van der Waals surface area contributed by atoms with E-state index in [1.54, 1.807) is 0 Å². The van der Waals surface area contributed by atoms with Crippen molar-refractivity contribution < 1.29 is 30.4 Å². The van der Waals surface area contributed by atoms with Crippen LogP contribution in [0.3, 0.4) is 0 Å². The molecule has 0 radical (unpaired) electrons. The van der Waals surface area contributed by atoms with Gasteiger partial charge in [-0.1, -0.05) is 0 Å². The fourth-order valence-corrected chi connectivity index (χ4v) is 0. The second-order valence-electron chi connectivity index (χ2n) is 0.600. The third-order valence-corrected chi connectivity index (χ3v) is 0. The molecule has 0 atom stereocenters. The summed E-state index contributed by atoms with van der Waals surface area (Å²) < 4.78 is 0. The Morgan fingerprint density at radius 3 is 1.00 bits per heavy atom. The summed E-state index contributed by atoms with van der Waals surface area (Å²) >= 11 is 0. The molecule has 0 aromatic heterocycles. The van der Waals surface area contributed by atoms with Crippen molar-refractivity contribution in [1.29, 1.82) is 0 Å². The quantitative estimate of drug-likeness (QED) is 0.288. The molecular formula is H10CaMgO5Si. The van der Waals surface area contributed by atoms with Crippen LogP contribution in [-0.4, -0.2) is 94.5 Å². The van der Waals surface area contributed by atoms with E-state index < -0.39 is 9.05 Å². The summed E-state index contributed by atoms with van der Waals surface area (Å²) in [4.78, 5) is 29.3. The first-order valence-corrected chi connectivity index (χ1v) is 2.68. The Labute approximate surface area is 99.2 Å². The molecule has 0 spiro atoms. The van der Waals surface area contributed by atoms with Gasteiger partial charge in [-0.2, -0.15) is 0 Å². The molecule has 0 aliphatic carbocycles. The van der Waals surface area contributed by atoms with Gasteiger partial charge >= 0.3 is 69.8 Å². The van der Waals surface area contributed by atoms with Crippen molar-refractivity contribution in [2.45, 2.75) is 0 Å². The zero-order chi connectivity index (χ0) is 4.50. The second-order valence-corrected chi connectivity index (χ2v) is 1.80. The van der Waals surface area contributed by atoms with Gasteiger partial charge in [-0.15, -0.1) is 0 Å². The normalized spacial score (nSPS) is 7.50. The molecule has 8 heteroatoms. The third-order valence-electron chi connectivity index (χ3n) is 0. The molecule has 0 aromatic rings. The topological polar surface area (TPSA) is 112 Å². The summed E-state index contributed by atoms with van der Waals surface area (Å²) in [5, 5.41) is 0. The molecule has 0 aliphatic rings. The molecule has 0 unspecified atom stereocenters. The molecule has 0 rings (SSSR count). The fourth-order valence-electron chi connectivity index (χ4n) is 0. The average Bonchev–Trinajstić information content (AvgIpc) is 0.722. The van der Waals surface area contributed by atoms with Gasteiger partial charge in [0.05, 0.1) is 0 Å². The summed E-state index contributed by atoms with van der Waals surface area (Å²) in [7, 11) is -4.61. The Morgan fingerprint density at radius 2 is 1.00 bits per heavy atom. The number of rotatable bonds is 0. The minimum Gasteiger partial charge on any atom is -1.00 e. The molecule has 0 saturated heterocycles. The third kappa shape index (κ3) is 95.6. The molecule has 0 bridgehead atoms. The minimum atomic E-state index is -4.61. The van der Waals surface area contributed by atoms with Gasteiger partial charge < -0.3 is 30.4 Å². The first kappa shape index (κ1) is 22.5. The van der Waals surface area contributed by atoms with Crippen LogP contribution < -0.4 is 0 Å². The van der Waals surface area contributed by atoms with Crippen LogP contribution in [0.5, 0.6) is 0 Å². The van der Waals surface area contributed by atoms with E-state index in [2.05, 4.69) is 0 Å². The largest absolute Gasteiger partial charge is 2.00 e. The zero-order valence-corrected chi connectivity index (χ0v) is 8.83. The van der Waals surface area contributed by atoms with Gasteiger partial charge in [0.1, 0.15) is 0 Å². The van der Waals surface area contributed by atoms with Gasteiger partial charge in [-0.3, -0.25) is 0 Å². The summed E-state index contributed by atoms with van der Waals surface area (Å²) in [6.07, 6.45) is 0. The Bertz CT molecular complexity index is 38.9. The van der Waals surface area contributed by atoms with E-state index in [0.717, 1.165) is 0 Å². The van der Waals surface area contributed by atoms with Crippen LogP contribution in [-0.2, 0) is 0 Å². The van der Waals surface area contributed by atoms with E-state index in [-0.39, 0.29) is 72.0 Å². The zero-order valence-electron chi connectivity index (χ0n) is 8.20. The van der Waals surface area contributed by atoms with Gasteiger partial charge in [-0.05, 0) is 0 Å². The summed E-state index contributed by atoms with van der Waals surface area (Å²) in [5.41, 5.74) is 0. The Hall–Kier alpha value is 2.04. The summed E-state index contributed by atoms with van der Waals surface area (Å²) in [5.74, 6) is 0. The molecular weight excluding hydrogens is 172 g/mol. The molecule has 0 aromatic carbocycles. The van der Waals surface area contributed by atoms with Crippen molar-refractivity contribution in [2.24, 2.45) is 0 Å². The van der Waals surface area contributed by atoms with Crippen LogP contribution in [0.1, 0.15) is 5.71 Å². The van der Waals surface area contributed by atoms with Crippen LogP contribution in [0.15, 0.2) is 0 Å².